The second-order valence-corrected chi connectivity index (χ2v) is 8.24. The molecule has 142 valence electrons. The molecule has 1 saturated heterocycles. The van der Waals surface area contributed by atoms with Crippen LogP contribution in [0.2, 0.25) is 0 Å². The molecular weight excluding hydrogens is 300 g/mol. The van der Waals surface area contributed by atoms with E-state index in [1.807, 2.05) is 0 Å². The van der Waals surface area contributed by atoms with Crippen LogP contribution in [-0.4, -0.2) is 11.6 Å². The van der Waals surface area contributed by atoms with Crippen LogP contribution in [-0.2, 0) is 14.5 Å². The summed E-state index contributed by atoms with van der Waals surface area (Å²) in [5.74, 6) is 0.626. The number of hydrogen-bond donors (Lipinski definition) is 0. The van der Waals surface area contributed by atoms with Crippen LogP contribution in [0.5, 0.6) is 0 Å². The lowest BCUT2D eigenvalue weighted by atomic mass is 9.71. The highest BCUT2D eigenvalue weighted by Crippen LogP contribution is 2.54. The zero-order valence-electron chi connectivity index (χ0n) is 16.7. The van der Waals surface area contributed by atoms with Gasteiger partial charge in [-0.3, -0.25) is 0 Å². The van der Waals surface area contributed by atoms with Crippen LogP contribution in [0.1, 0.15) is 105 Å². The first-order valence-electron chi connectivity index (χ1n) is 10.6. The van der Waals surface area contributed by atoms with Gasteiger partial charge in [0.15, 0.2) is 0 Å². The van der Waals surface area contributed by atoms with Crippen LogP contribution in [0.4, 0.5) is 0 Å². The van der Waals surface area contributed by atoms with Crippen molar-refractivity contribution in [2.75, 3.05) is 0 Å². The van der Waals surface area contributed by atoms with Crippen molar-refractivity contribution in [3.8, 4) is 0 Å². The zero-order chi connectivity index (χ0) is 17.6. The molecule has 3 nitrogen and oxygen atoms in total. The van der Waals surface area contributed by atoms with Crippen molar-refractivity contribution < 1.29 is 14.5 Å². The van der Waals surface area contributed by atoms with Gasteiger partial charge in [-0.2, -0.15) is 9.78 Å². The molecule has 24 heavy (non-hydrogen) atoms. The number of hydrogen-bond acceptors (Lipinski definition) is 3. The van der Waals surface area contributed by atoms with Crippen LogP contribution in [0.3, 0.4) is 0 Å². The molecule has 0 bridgehead atoms. The van der Waals surface area contributed by atoms with Gasteiger partial charge in [0.05, 0.1) is 0 Å². The highest BCUT2D eigenvalue weighted by Gasteiger charge is 2.60. The summed E-state index contributed by atoms with van der Waals surface area (Å²) in [6.07, 6.45) is 12.5. The topological polar surface area (TPSA) is 27.7 Å². The van der Waals surface area contributed by atoms with Crippen molar-refractivity contribution in [2.45, 2.75) is 117 Å². The van der Waals surface area contributed by atoms with Gasteiger partial charge < -0.3 is 4.74 Å². The predicted molar refractivity (Wildman–Crippen MR) is 98.3 cm³/mol. The molecule has 1 aliphatic heterocycles. The second kappa shape index (κ2) is 9.00. The van der Waals surface area contributed by atoms with Crippen LogP contribution < -0.4 is 0 Å². The van der Waals surface area contributed by atoms with E-state index in [4.69, 9.17) is 14.5 Å². The first-order valence-corrected chi connectivity index (χ1v) is 10.6. The monoisotopic (exact) mass is 340 g/mol. The molecule has 0 aromatic rings. The highest BCUT2D eigenvalue weighted by atomic mass is 17.3. The molecule has 1 aliphatic carbocycles. The lowest BCUT2D eigenvalue weighted by Crippen LogP contribution is -2.51. The van der Waals surface area contributed by atoms with E-state index in [9.17, 15) is 0 Å². The summed E-state index contributed by atoms with van der Waals surface area (Å²) >= 11 is 0. The molecule has 5 unspecified atom stereocenters. The Bertz CT molecular complexity index is 372. The summed E-state index contributed by atoms with van der Waals surface area (Å²) in [7, 11) is 0. The van der Waals surface area contributed by atoms with E-state index in [0.717, 1.165) is 32.1 Å². The Labute approximate surface area is 149 Å². The minimum Gasteiger partial charge on any atom is -0.312 e. The van der Waals surface area contributed by atoms with E-state index in [2.05, 4.69) is 34.6 Å². The van der Waals surface area contributed by atoms with E-state index in [-0.39, 0.29) is 0 Å². The summed E-state index contributed by atoms with van der Waals surface area (Å²) in [5.41, 5.74) is 0. The van der Waals surface area contributed by atoms with Gasteiger partial charge in [-0.1, -0.05) is 60.3 Å². The van der Waals surface area contributed by atoms with Gasteiger partial charge in [0.1, 0.15) is 0 Å². The molecule has 2 fully saturated rings. The maximum atomic E-state index is 6.84. The molecule has 0 aromatic heterocycles. The van der Waals surface area contributed by atoms with Crippen LogP contribution >= 0.6 is 0 Å². The third-order valence-corrected chi connectivity index (χ3v) is 6.33. The summed E-state index contributed by atoms with van der Waals surface area (Å²) in [6.45, 7) is 11.4. The molecule has 2 rings (SSSR count). The normalized spacial score (nSPS) is 37.9. The summed E-state index contributed by atoms with van der Waals surface area (Å²) < 4.78 is 6.84. The number of ether oxygens (including phenoxy) is 1. The third kappa shape index (κ3) is 4.16. The van der Waals surface area contributed by atoms with Gasteiger partial charge in [0.2, 0.25) is 11.6 Å². The van der Waals surface area contributed by atoms with E-state index in [1.54, 1.807) is 0 Å². The molecule has 3 heteroatoms. The highest BCUT2D eigenvalue weighted by molar-refractivity contribution is 4.94. The van der Waals surface area contributed by atoms with Gasteiger partial charge in [-0.05, 0) is 38.0 Å². The Kier molecular flexibility index (Phi) is 7.58. The zero-order valence-corrected chi connectivity index (χ0v) is 16.7. The Morgan fingerprint density at radius 2 is 1.71 bits per heavy atom. The Hall–Kier alpha value is -0.120. The summed E-state index contributed by atoms with van der Waals surface area (Å²) in [4.78, 5) is 12.2. The number of rotatable bonds is 9. The van der Waals surface area contributed by atoms with Crippen LogP contribution in [0.15, 0.2) is 0 Å². The molecule has 1 spiro atoms. The minimum absolute atomic E-state index is 0.459. The van der Waals surface area contributed by atoms with Crippen molar-refractivity contribution in [2.24, 2.45) is 17.8 Å². The quantitative estimate of drug-likeness (QED) is 0.442. The van der Waals surface area contributed by atoms with Crippen molar-refractivity contribution >= 4 is 0 Å². The van der Waals surface area contributed by atoms with Crippen LogP contribution in [0, 0.1) is 17.8 Å². The van der Waals surface area contributed by atoms with Gasteiger partial charge in [0, 0.05) is 24.7 Å². The lowest BCUT2D eigenvalue weighted by molar-refractivity contribution is -0.377. The Morgan fingerprint density at radius 1 is 0.958 bits per heavy atom. The van der Waals surface area contributed by atoms with Crippen molar-refractivity contribution in [3.05, 3.63) is 0 Å². The molecule has 1 heterocycles. The van der Waals surface area contributed by atoms with E-state index in [1.165, 1.54) is 38.5 Å². The van der Waals surface area contributed by atoms with Gasteiger partial charge in [0.25, 0.3) is 0 Å². The van der Waals surface area contributed by atoms with Gasteiger partial charge >= 0.3 is 0 Å². The fraction of sp³-hybridized carbons (Fsp3) is 1.00. The molecule has 5 atom stereocenters. The molecule has 0 amide bonds. The first kappa shape index (κ1) is 20.2. The predicted octanol–water partition coefficient (Wildman–Crippen LogP) is 6.61. The molecular formula is C21H40O3. The van der Waals surface area contributed by atoms with Gasteiger partial charge in [-0.15, -0.1) is 0 Å². The van der Waals surface area contributed by atoms with E-state index >= 15 is 0 Å². The van der Waals surface area contributed by atoms with E-state index < -0.39 is 11.6 Å². The van der Waals surface area contributed by atoms with Crippen molar-refractivity contribution in [1.82, 2.24) is 0 Å². The molecule has 0 N–H and O–H groups in total. The number of unbranched alkanes of at least 4 members (excludes halogenated alkanes) is 1. The Balaban J connectivity index is 2.23. The Morgan fingerprint density at radius 3 is 2.33 bits per heavy atom. The smallest absolute Gasteiger partial charge is 0.210 e. The third-order valence-electron chi connectivity index (χ3n) is 6.33. The minimum atomic E-state index is -0.511. The van der Waals surface area contributed by atoms with Crippen molar-refractivity contribution in [1.29, 1.82) is 0 Å². The summed E-state index contributed by atoms with van der Waals surface area (Å²) in [6, 6.07) is 0. The SMILES string of the molecule is CCCCC1(CCC)OOC2(O1)C(CC)CCCC2CC(C)CC. The first-order chi connectivity index (χ1) is 11.6. The fourth-order valence-corrected chi connectivity index (χ4v) is 4.68. The van der Waals surface area contributed by atoms with Crippen molar-refractivity contribution in [3.63, 3.8) is 0 Å². The lowest BCUT2D eigenvalue weighted by Gasteiger charge is -2.45. The van der Waals surface area contributed by atoms with E-state index in [0.29, 0.717) is 17.8 Å². The maximum Gasteiger partial charge on any atom is 0.210 e. The fourth-order valence-electron chi connectivity index (χ4n) is 4.68. The molecule has 0 aromatic carbocycles. The molecule has 0 radical (unpaired) electrons. The largest absolute Gasteiger partial charge is 0.312 e. The molecule has 1 saturated carbocycles. The average Bonchev–Trinajstić information content (AvgIpc) is 2.96. The molecule has 2 aliphatic rings. The average molecular weight is 341 g/mol. The summed E-state index contributed by atoms with van der Waals surface area (Å²) in [5, 5.41) is 0. The standard InChI is InChI=1S/C21H40O3/c1-6-10-15-20(14-7-2)22-21(24-23-20)18(9-4)12-11-13-19(21)16-17(5)8-3/h17-19H,6-16H2,1-5H3. The maximum absolute atomic E-state index is 6.84. The van der Waals surface area contributed by atoms with Gasteiger partial charge in [-0.25, -0.2) is 0 Å². The van der Waals surface area contributed by atoms with Crippen LogP contribution in [0.25, 0.3) is 0 Å². The second-order valence-electron chi connectivity index (χ2n) is 8.24.